The van der Waals surface area contributed by atoms with Gasteiger partial charge in [-0.15, -0.1) is 12.4 Å². The van der Waals surface area contributed by atoms with Crippen molar-refractivity contribution in [3.63, 3.8) is 0 Å². The zero-order valence-corrected chi connectivity index (χ0v) is 7.54. The Balaban J connectivity index is 0.000001000. The van der Waals surface area contributed by atoms with Crippen LogP contribution in [0.5, 0.6) is 0 Å². The van der Waals surface area contributed by atoms with Crippen LogP contribution >= 0.6 is 12.4 Å². The van der Waals surface area contributed by atoms with Gasteiger partial charge in [0.05, 0.1) is 0 Å². The first-order valence-corrected chi connectivity index (χ1v) is 3.77. The molecule has 0 aromatic heterocycles. The number of amides is 1. The third kappa shape index (κ3) is 4.22. The van der Waals surface area contributed by atoms with Gasteiger partial charge in [0.1, 0.15) is 0 Å². The molecule has 0 aromatic carbocycles. The van der Waals surface area contributed by atoms with Gasteiger partial charge in [0, 0.05) is 19.5 Å². The lowest BCUT2D eigenvalue weighted by Gasteiger charge is -2.09. The fraction of sp³-hybridized carbons (Fsp3) is 0.857. The summed E-state index contributed by atoms with van der Waals surface area (Å²) in [4.78, 5) is 10.5. The molecule has 1 heterocycles. The zero-order chi connectivity index (χ0) is 7.40. The SMILES string of the molecule is CC(=O)NCC1CCCN1.Cl. The highest BCUT2D eigenvalue weighted by Gasteiger charge is 2.12. The van der Waals surface area contributed by atoms with E-state index in [2.05, 4.69) is 10.6 Å². The zero-order valence-electron chi connectivity index (χ0n) is 6.72. The third-order valence-electron chi connectivity index (χ3n) is 1.76. The van der Waals surface area contributed by atoms with Crippen LogP contribution in [0.15, 0.2) is 0 Å². The Morgan fingerprint density at radius 2 is 2.45 bits per heavy atom. The van der Waals surface area contributed by atoms with Crippen LogP contribution in [0, 0.1) is 0 Å². The Kier molecular flexibility index (Phi) is 5.24. The predicted octanol–water partition coefficient (Wildman–Crippen LogP) is 0.296. The van der Waals surface area contributed by atoms with Crippen molar-refractivity contribution in [2.45, 2.75) is 25.8 Å². The van der Waals surface area contributed by atoms with Gasteiger partial charge in [0.25, 0.3) is 0 Å². The van der Waals surface area contributed by atoms with Gasteiger partial charge >= 0.3 is 0 Å². The predicted molar refractivity (Wildman–Crippen MR) is 47.0 cm³/mol. The van der Waals surface area contributed by atoms with Crippen LogP contribution in [-0.2, 0) is 4.79 Å². The molecule has 1 unspecified atom stereocenters. The second kappa shape index (κ2) is 5.38. The summed E-state index contributed by atoms with van der Waals surface area (Å²) < 4.78 is 0. The van der Waals surface area contributed by atoms with Crippen LogP contribution in [0.1, 0.15) is 19.8 Å². The minimum absolute atomic E-state index is 0. The van der Waals surface area contributed by atoms with E-state index in [9.17, 15) is 4.79 Å². The van der Waals surface area contributed by atoms with Crippen molar-refractivity contribution in [2.75, 3.05) is 13.1 Å². The normalized spacial score (nSPS) is 22.5. The fourth-order valence-corrected chi connectivity index (χ4v) is 1.20. The lowest BCUT2D eigenvalue weighted by molar-refractivity contribution is -0.119. The van der Waals surface area contributed by atoms with Gasteiger partial charge in [-0.3, -0.25) is 4.79 Å². The number of halogens is 1. The van der Waals surface area contributed by atoms with Gasteiger partial charge in [0.15, 0.2) is 0 Å². The highest BCUT2D eigenvalue weighted by molar-refractivity contribution is 5.85. The second-order valence-corrected chi connectivity index (χ2v) is 2.73. The number of carbonyl (C=O) groups is 1. The van der Waals surface area contributed by atoms with E-state index in [1.807, 2.05) is 0 Å². The minimum atomic E-state index is 0. The van der Waals surface area contributed by atoms with Gasteiger partial charge in [-0.2, -0.15) is 0 Å². The van der Waals surface area contributed by atoms with Crippen LogP contribution in [0.25, 0.3) is 0 Å². The van der Waals surface area contributed by atoms with Crippen LogP contribution in [-0.4, -0.2) is 25.0 Å². The molecule has 1 saturated heterocycles. The summed E-state index contributed by atoms with van der Waals surface area (Å²) in [6, 6.07) is 0.517. The summed E-state index contributed by atoms with van der Waals surface area (Å²) in [5.74, 6) is 0.0636. The van der Waals surface area contributed by atoms with Gasteiger partial charge in [-0.25, -0.2) is 0 Å². The molecule has 4 heteroatoms. The lowest BCUT2D eigenvalue weighted by Crippen LogP contribution is -2.35. The van der Waals surface area contributed by atoms with E-state index >= 15 is 0 Å². The Morgan fingerprint density at radius 1 is 1.73 bits per heavy atom. The van der Waals surface area contributed by atoms with Crippen LogP contribution in [0.4, 0.5) is 0 Å². The van der Waals surface area contributed by atoms with E-state index in [0.717, 1.165) is 13.1 Å². The molecular weight excluding hydrogens is 164 g/mol. The molecule has 1 aliphatic rings. The number of carbonyl (C=O) groups excluding carboxylic acids is 1. The molecule has 0 radical (unpaired) electrons. The van der Waals surface area contributed by atoms with Crippen molar-refractivity contribution < 1.29 is 4.79 Å². The topological polar surface area (TPSA) is 41.1 Å². The molecule has 2 N–H and O–H groups in total. The maximum absolute atomic E-state index is 10.5. The molecule has 0 aliphatic carbocycles. The van der Waals surface area contributed by atoms with Gasteiger partial charge in [0.2, 0.25) is 5.91 Å². The Hall–Kier alpha value is -0.280. The Morgan fingerprint density at radius 3 is 2.91 bits per heavy atom. The van der Waals surface area contributed by atoms with E-state index in [0.29, 0.717) is 6.04 Å². The summed E-state index contributed by atoms with van der Waals surface area (Å²) in [7, 11) is 0. The monoisotopic (exact) mass is 178 g/mol. The first-order valence-electron chi connectivity index (χ1n) is 3.77. The van der Waals surface area contributed by atoms with E-state index in [4.69, 9.17) is 0 Å². The molecule has 1 aliphatic heterocycles. The molecule has 1 fully saturated rings. The van der Waals surface area contributed by atoms with E-state index in [-0.39, 0.29) is 18.3 Å². The average Bonchev–Trinajstić information content (AvgIpc) is 2.34. The van der Waals surface area contributed by atoms with Crippen LogP contribution in [0.2, 0.25) is 0 Å². The van der Waals surface area contributed by atoms with Crippen molar-refractivity contribution in [1.82, 2.24) is 10.6 Å². The average molecular weight is 179 g/mol. The second-order valence-electron chi connectivity index (χ2n) is 2.73. The van der Waals surface area contributed by atoms with Crippen LogP contribution in [0.3, 0.4) is 0 Å². The van der Waals surface area contributed by atoms with Crippen molar-refractivity contribution in [1.29, 1.82) is 0 Å². The Bertz CT molecular complexity index is 124. The third-order valence-corrected chi connectivity index (χ3v) is 1.76. The Labute approximate surface area is 73.3 Å². The molecule has 1 amide bonds. The molecule has 0 aromatic rings. The van der Waals surface area contributed by atoms with Gasteiger partial charge < -0.3 is 10.6 Å². The maximum atomic E-state index is 10.5. The van der Waals surface area contributed by atoms with Crippen molar-refractivity contribution in [3.05, 3.63) is 0 Å². The molecule has 1 rings (SSSR count). The molecule has 1 atom stereocenters. The summed E-state index contributed by atoms with van der Waals surface area (Å²) >= 11 is 0. The van der Waals surface area contributed by atoms with E-state index in [1.165, 1.54) is 12.8 Å². The van der Waals surface area contributed by atoms with E-state index in [1.54, 1.807) is 6.92 Å². The summed E-state index contributed by atoms with van der Waals surface area (Å²) in [5, 5.41) is 6.08. The summed E-state index contributed by atoms with van der Waals surface area (Å²) in [6.45, 7) is 3.44. The molecule has 0 saturated carbocycles. The molecule has 66 valence electrons. The lowest BCUT2D eigenvalue weighted by atomic mass is 10.2. The maximum Gasteiger partial charge on any atom is 0.216 e. The molecular formula is C7H15ClN2O. The number of hydrogen-bond donors (Lipinski definition) is 2. The molecule has 0 bridgehead atoms. The standard InChI is InChI=1S/C7H14N2O.ClH/c1-6(10)9-5-7-3-2-4-8-7;/h7-8H,2-5H2,1H3,(H,9,10);1H. The molecule has 0 spiro atoms. The molecule has 3 nitrogen and oxygen atoms in total. The highest BCUT2D eigenvalue weighted by atomic mass is 35.5. The number of hydrogen-bond acceptors (Lipinski definition) is 2. The molecule has 11 heavy (non-hydrogen) atoms. The van der Waals surface area contributed by atoms with E-state index < -0.39 is 0 Å². The van der Waals surface area contributed by atoms with Crippen LogP contribution < -0.4 is 10.6 Å². The van der Waals surface area contributed by atoms with Crippen molar-refractivity contribution >= 4 is 18.3 Å². The minimum Gasteiger partial charge on any atom is -0.355 e. The number of nitrogens with one attached hydrogen (secondary N) is 2. The largest absolute Gasteiger partial charge is 0.355 e. The summed E-state index contributed by atoms with van der Waals surface area (Å²) in [6.07, 6.45) is 2.44. The number of rotatable bonds is 2. The smallest absolute Gasteiger partial charge is 0.216 e. The highest BCUT2D eigenvalue weighted by Crippen LogP contribution is 2.02. The van der Waals surface area contributed by atoms with Gasteiger partial charge in [-0.1, -0.05) is 0 Å². The van der Waals surface area contributed by atoms with Gasteiger partial charge in [-0.05, 0) is 19.4 Å². The first kappa shape index (κ1) is 10.7. The van der Waals surface area contributed by atoms with Crippen molar-refractivity contribution in [3.8, 4) is 0 Å². The quantitative estimate of drug-likeness (QED) is 0.639. The van der Waals surface area contributed by atoms with Crippen molar-refractivity contribution in [2.24, 2.45) is 0 Å². The summed E-state index contributed by atoms with van der Waals surface area (Å²) in [5.41, 5.74) is 0. The fourth-order valence-electron chi connectivity index (χ4n) is 1.20. The first-order chi connectivity index (χ1) is 4.79.